The summed E-state index contributed by atoms with van der Waals surface area (Å²) in [5.74, 6) is 0. The van der Waals surface area contributed by atoms with Gasteiger partial charge in [-0.1, -0.05) is 27.5 Å². The molecule has 4 heteroatoms. The average Bonchev–Trinajstić information content (AvgIpc) is 2.50. The van der Waals surface area contributed by atoms with Crippen LogP contribution in [0.5, 0.6) is 0 Å². The molecule has 0 amide bonds. The van der Waals surface area contributed by atoms with Gasteiger partial charge in [0.05, 0.1) is 5.69 Å². The fraction of sp³-hybridized carbons (Fsp3) is 0.100. The van der Waals surface area contributed by atoms with Crippen LogP contribution in [0, 0.1) is 6.92 Å². The molecule has 0 saturated heterocycles. The molecule has 1 aromatic carbocycles. The monoisotopic (exact) mass is 269 g/mol. The van der Waals surface area contributed by atoms with Gasteiger partial charge in [-0.3, -0.25) is 4.79 Å². The third-order valence-corrected chi connectivity index (χ3v) is 3.49. The van der Waals surface area contributed by atoms with Gasteiger partial charge in [0.15, 0.2) is 0 Å². The summed E-state index contributed by atoms with van der Waals surface area (Å²) >= 11 is 4.78. The van der Waals surface area contributed by atoms with Crippen LogP contribution in [0.4, 0.5) is 0 Å². The summed E-state index contributed by atoms with van der Waals surface area (Å²) < 4.78 is 2.70. The third kappa shape index (κ3) is 1.67. The zero-order valence-corrected chi connectivity index (χ0v) is 9.93. The van der Waals surface area contributed by atoms with Gasteiger partial charge in [0.2, 0.25) is 0 Å². The molecule has 0 saturated carbocycles. The lowest BCUT2D eigenvalue weighted by atomic mass is 10.3. The van der Waals surface area contributed by atoms with Crippen LogP contribution in [0.15, 0.2) is 38.9 Å². The first-order valence-corrected chi connectivity index (χ1v) is 5.75. The van der Waals surface area contributed by atoms with Crippen molar-refractivity contribution in [2.24, 2.45) is 0 Å². The maximum Gasteiger partial charge on any atom is 0.268 e. The predicted octanol–water partition coefficient (Wildman–Crippen LogP) is 2.97. The van der Waals surface area contributed by atoms with E-state index >= 15 is 0 Å². The molecular weight excluding hydrogens is 262 g/mol. The molecule has 0 bridgehead atoms. The number of nitrogens with zero attached hydrogens (tertiary/aromatic N) is 1. The van der Waals surface area contributed by atoms with Crippen LogP contribution in [0.2, 0.25) is 0 Å². The maximum atomic E-state index is 11.6. The number of hydrogen-bond donors (Lipinski definition) is 0. The quantitative estimate of drug-likeness (QED) is 0.780. The van der Waals surface area contributed by atoms with Crippen LogP contribution >= 0.6 is 27.5 Å². The van der Waals surface area contributed by atoms with E-state index in [1.54, 1.807) is 3.96 Å². The van der Waals surface area contributed by atoms with Crippen LogP contribution in [0.25, 0.3) is 5.69 Å². The largest absolute Gasteiger partial charge is 0.268 e. The fourth-order valence-corrected chi connectivity index (χ4v) is 2.26. The Labute approximate surface area is 94.1 Å². The Bertz CT molecular complexity index is 498. The first-order valence-electron chi connectivity index (χ1n) is 4.12. The summed E-state index contributed by atoms with van der Waals surface area (Å²) in [6, 6.07) is 7.69. The second-order valence-corrected chi connectivity index (χ2v) is 4.71. The molecule has 0 atom stereocenters. The molecule has 0 spiro atoms. The van der Waals surface area contributed by atoms with E-state index in [9.17, 15) is 4.79 Å². The van der Waals surface area contributed by atoms with Gasteiger partial charge >= 0.3 is 0 Å². The Balaban J connectivity index is 2.55. The van der Waals surface area contributed by atoms with E-state index in [4.69, 9.17) is 0 Å². The van der Waals surface area contributed by atoms with E-state index in [0.717, 1.165) is 15.7 Å². The van der Waals surface area contributed by atoms with Gasteiger partial charge in [0, 0.05) is 15.4 Å². The first kappa shape index (κ1) is 9.68. The van der Waals surface area contributed by atoms with E-state index < -0.39 is 0 Å². The van der Waals surface area contributed by atoms with Gasteiger partial charge in [0.1, 0.15) is 0 Å². The van der Waals surface area contributed by atoms with Gasteiger partial charge in [-0.25, -0.2) is 3.96 Å². The molecular formula is C10H8BrNOS. The van der Waals surface area contributed by atoms with Crippen molar-refractivity contribution in [2.75, 3.05) is 0 Å². The van der Waals surface area contributed by atoms with Crippen molar-refractivity contribution in [1.82, 2.24) is 3.96 Å². The van der Waals surface area contributed by atoms with Crippen molar-refractivity contribution in [3.63, 3.8) is 0 Å². The highest BCUT2D eigenvalue weighted by Gasteiger charge is 2.03. The molecule has 0 fully saturated rings. The van der Waals surface area contributed by atoms with Crippen LogP contribution in [-0.4, -0.2) is 3.96 Å². The lowest BCUT2D eigenvalue weighted by Crippen LogP contribution is -2.12. The smallest absolute Gasteiger partial charge is 0.268 e. The summed E-state index contributed by atoms with van der Waals surface area (Å²) in [6.07, 6.45) is 0. The number of hydrogen-bond acceptors (Lipinski definition) is 2. The highest BCUT2D eigenvalue weighted by molar-refractivity contribution is 9.10. The molecule has 0 N–H and O–H groups in total. The molecule has 72 valence electrons. The number of benzene rings is 1. The topological polar surface area (TPSA) is 22.0 Å². The maximum absolute atomic E-state index is 11.6. The molecule has 0 aliphatic carbocycles. The van der Waals surface area contributed by atoms with Crippen molar-refractivity contribution < 1.29 is 0 Å². The van der Waals surface area contributed by atoms with Gasteiger partial charge in [0.25, 0.3) is 5.56 Å². The Morgan fingerprint density at radius 1 is 1.29 bits per heavy atom. The second-order valence-electron chi connectivity index (χ2n) is 2.98. The van der Waals surface area contributed by atoms with Crippen LogP contribution in [0.1, 0.15) is 5.56 Å². The second kappa shape index (κ2) is 3.71. The molecule has 1 aromatic heterocycles. The fourth-order valence-electron chi connectivity index (χ4n) is 1.14. The number of aromatic nitrogens is 1. The summed E-state index contributed by atoms with van der Waals surface area (Å²) in [7, 11) is 0. The summed E-state index contributed by atoms with van der Waals surface area (Å²) in [6.45, 7) is 1.83. The molecule has 0 unspecified atom stereocenters. The Hall–Kier alpha value is -0.870. The highest BCUT2D eigenvalue weighted by atomic mass is 79.9. The standard InChI is InChI=1S/C10H8BrNOS/c1-7-6-14-12(10(7)13)9-4-2-8(11)3-5-9/h2-6H,1H3. The lowest BCUT2D eigenvalue weighted by molar-refractivity contribution is 1.11. The predicted molar refractivity (Wildman–Crippen MR) is 62.4 cm³/mol. The third-order valence-electron chi connectivity index (χ3n) is 1.92. The number of rotatable bonds is 1. The lowest BCUT2D eigenvalue weighted by Gasteiger charge is -1.99. The minimum Gasteiger partial charge on any atom is -0.268 e. The van der Waals surface area contributed by atoms with Crippen molar-refractivity contribution >= 4 is 27.5 Å². The summed E-state index contributed by atoms with van der Waals surface area (Å²) in [5.41, 5.74) is 1.77. The van der Waals surface area contributed by atoms with Crippen LogP contribution in [-0.2, 0) is 0 Å². The SMILES string of the molecule is Cc1csn(-c2ccc(Br)cc2)c1=O. The van der Waals surface area contributed by atoms with E-state index in [1.807, 2.05) is 36.6 Å². The van der Waals surface area contributed by atoms with E-state index in [2.05, 4.69) is 15.9 Å². The first-order chi connectivity index (χ1) is 6.68. The van der Waals surface area contributed by atoms with Crippen molar-refractivity contribution in [1.29, 1.82) is 0 Å². The van der Waals surface area contributed by atoms with E-state index in [0.29, 0.717) is 0 Å². The van der Waals surface area contributed by atoms with E-state index in [1.165, 1.54) is 11.5 Å². The average molecular weight is 270 g/mol. The molecule has 0 aliphatic rings. The zero-order valence-electron chi connectivity index (χ0n) is 7.53. The van der Waals surface area contributed by atoms with Crippen molar-refractivity contribution in [3.8, 4) is 5.69 Å². The number of aryl methyl sites for hydroxylation is 1. The van der Waals surface area contributed by atoms with Crippen molar-refractivity contribution in [3.05, 3.63) is 50.0 Å². The molecule has 0 aliphatic heterocycles. The Morgan fingerprint density at radius 3 is 2.43 bits per heavy atom. The molecule has 0 radical (unpaired) electrons. The van der Waals surface area contributed by atoms with Gasteiger partial charge in [-0.05, 0) is 31.2 Å². The van der Waals surface area contributed by atoms with Gasteiger partial charge in [-0.2, -0.15) is 0 Å². The van der Waals surface area contributed by atoms with Gasteiger partial charge < -0.3 is 0 Å². The highest BCUT2D eigenvalue weighted by Crippen LogP contribution is 2.14. The normalized spacial score (nSPS) is 10.4. The molecule has 2 nitrogen and oxygen atoms in total. The molecule has 2 rings (SSSR count). The summed E-state index contributed by atoms with van der Waals surface area (Å²) in [5, 5.41) is 1.87. The molecule has 2 aromatic rings. The van der Waals surface area contributed by atoms with Crippen LogP contribution < -0.4 is 5.56 Å². The minimum absolute atomic E-state index is 0.0670. The van der Waals surface area contributed by atoms with Gasteiger partial charge in [-0.15, -0.1) is 0 Å². The number of halogens is 1. The van der Waals surface area contributed by atoms with Crippen molar-refractivity contribution in [2.45, 2.75) is 6.92 Å². The summed E-state index contributed by atoms with van der Waals surface area (Å²) in [4.78, 5) is 11.6. The molecule has 1 heterocycles. The van der Waals surface area contributed by atoms with E-state index in [-0.39, 0.29) is 5.56 Å². The Kier molecular flexibility index (Phi) is 2.56. The molecule has 14 heavy (non-hydrogen) atoms. The Morgan fingerprint density at radius 2 is 1.93 bits per heavy atom. The minimum atomic E-state index is 0.0670. The van der Waals surface area contributed by atoms with Crippen LogP contribution in [0.3, 0.4) is 0 Å². The zero-order chi connectivity index (χ0) is 10.1.